The number of carbonyl (C=O) groups excluding carboxylic acids is 1. The predicted octanol–water partition coefficient (Wildman–Crippen LogP) is 3.07. The van der Waals surface area contributed by atoms with Crippen LogP contribution in [0.5, 0.6) is 0 Å². The monoisotopic (exact) mass is 305 g/mol. The van der Waals surface area contributed by atoms with E-state index in [0.29, 0.717) is 18.9 Å². The minimum atomic E-state index is 0.113. The van der Waals surface area contributed by atoms with Crippen LogP contribution < -0.4 is 5.32 Å². The van der Waals surface area contributed by atoms with E-state index in [9.17, 15) is 4.79 Å². The van der Waals surface area contributed by atoms with E-state index in [-0.39, 0.29) is 5.91 Å². The molecular formula is C19H19N3O. The number of nitrogens with zero attached hydrogens (tertiary/aromatic N) is 2. The number of rotatable bonds is 4. The first-order chi connectivity index (χ1) is 11.3. The zero-order chi connectivity index (χ0) is 15.6. The molecule has 4 heteroatoms. The van der Waals surface area contributed by atoms with Gasteiger partial charge in [0.1, 0.15) is 0 Å². The third-order valence-corrected chi connectivity index (χ3v) is 4.67. The smallest absolute Gasteiger partial charge is 0.220 e. The lowest BCUT2D eigenvalue weighted by Crippen LogP contribution is -2.24. The third kappa shape index (κ3) is 2.72. The highest BCUT2D eigenvalue weighted by molar-refractivity contribution is 5.77. The standard InChI is InChI=1S/C19H19N3O/c23-19(11-15-9-8-14-5-1-2-6-17(14)15)20-12-16-13-21-22-10-4-3-7-18(16)22/h1-7,10,13,15H,8-9,11-12H2,(H,20,23)/t15-/m0/s1. The average Bonchev–Trinajstić information content (AvgIpc) is 3.18. The molecule has 1 aromatic carbocycles. The fourth-order valence-corrected chi connectivity index (χ4v) is 3.47. The molecule has 0 bridgehead atoms. The Kier molecular flexibility index (Phi) is 3.58. The molecule has 3 aromatic rings. The van der Waals surface area contributed by atoms with Crippen LogP contribution in [0.4, 0.5) is 0 Å². The Morgan fingerprint density at radius 1 is 1.22 bits per heavy atom. The summed E-state index contributed by atoms with van der Waals surface area (Å²) < 4.78 is 1.83. The molecule has 4 nitrogen and oxygen atoms in total. The van der Waals surface area contributed by atoms with Gasteiger partial charge in [-0.2, -0.15) is 5.10 Å². The van der Waals surface area contributed by atoms with Crippen molar-refractivity contribution < 1.29 is 4.79 Å². The molecule has 116 valence electrons. The SMILES string of the molecule is O=C(C[C@@H]1CCc2ccccc21)NCc1cnn2ccccc12. The number of aromatic nitrogens is 2. The molecule has 2 heterocycles. The summed E-state index contributed by atoms with van der Waals surface area (Å²) in [6.07, 6.45) is 6.46. The summed E-state index contributed by atoms with van der Waals surface area (Å²) in [6, 6.07) is 14.4. The molecule has 0 saturated heterocycles. The molecule has 0 unspecified atom stereocenters. The van der Waals surface area contributed by atoms with Crippen LogP contribution in [0.15, 0.2) is 54.9 Å². The van der Waals surface area contributed by atoms with Crippen molar-refractivity contribution in [1.29, 1.82) is 0 Å². The van der Waals surface area contributed by atoms with Gasteiger partial charge in [0.15, 0.2) is 0 Å². The average molecular weight is 305 g/mol. The quantitative estimate of drug-likeness (QED) is 0.805. The van der Waals surface area contributed by atoms with Crippen LogP contribution in [0, 0.1) is 0 Å². The van der Waals surface area contributed by atoms with Gasteiger partial charge in [0.2, 0.25) is 5.91 Å². The second-order valence-corrected chi connectivity index (χ2v) is 6.12. The van der Waals surface area contributed by atoms with E-state index >= 15 is 0 Å². The van der Waals surface area contributed by atoms with Crippen LogP contribution in [0.2, 0.25) is 0 Å². The summed E-state index contributed by atoms with van der Waals surface area (Å²) in [5, 5.41) is 7.34. The van der Waals surface area contributed by atoms with Gasteiger partial charge in [0.25, 0.3) is 0 Å². The number of hydrogen-bond donors (Lipinski definition) is 1. The number of benzene rings is 1. The van der Waals surface area contributed by atoms with Crippen molar-refractivity contribution in [2.24, 2.45) is 0 Å². The number of aryl methyl sites for hydroxylation is 1. The number of nitrogens with one attached hydrogen (secondary N) is 1. The van der Waals surface area contributed by atoms with E-state index in [1.165, 1.54) is 11.1 Å². The maximum Gasteiger partial charge on any atom is 0.220 e. The molecule has 0 radical (unpaired) electrons. The van der Waals surface area contributed by atoms with Gasteiger partial charge in [-0.15, -0.1) is 0 Å². The summed E-state index contributed by atoms with van der Waals surface area (Å²) in [7, 11) is 0. The van der Waals surface area contributed by atoms with E-state index < -0.39 is 0 Å². The van der Waals surface area contributed by atoms with Crippen molar-refractivity contribution in [3.05, 3.63) is 71.5 Å². The highest BCUT2D eigenvalue weighted by Gasteiger charge is 2.24. The van der Waals surface area contributed by atoms with Gasteiger partial charge in [-0.25, -0.2) is 4.52 Å². The van der Waals surface area contributed by atoms with Crippen molar-refractivity contribution in [1.82, 2.24) is 14.9 Å². The summed E-state index contributed by atoms with van der Waals surface area (Å²) in [5.74, 6) is 0.470. The van der Waals surface area contributed by atoms with Crippen LogP contribution in [-0.2, 0) is 17.8 Å². The van der Waals surface area contributed by atoms with Crippen LogP contribution in [0.3, 0.4) is 0 Å². The first kappa shape index (κ1) is 14.0. The van der Waals surface area contributed by atoms with E-state index in [0.717, 1.165) is 23.9 Å². The first-order valence-corrected chi connectivity index (χ1v) is 8.07. The Morgan fingerprint density at radius 3 is 3.04 bits per heavy atom. The Balaban J connectivity index is 1.40. The van der Waals surface area contributed by atoms with Gasteiger partial charge in [-0.3, -0.25) is 4.79 Å². The molecule has 1 aliphatic rings. The Bertz CT molecular complexity index is 852. The van der Waals surface area contributed by atoms with Gasteiger partial charge in [0, 0.05) is 24.7 Å². The van der Waals surface area contributed by atoms with Gasteiger partial charge < -0.3 is 5.32 Å². The molecule has 2 aromatic heterocycles. The van der Waals surface area contributed by atoms with E-state index in [1.807, 2.05) is 35.1 Å². The van der Waals surface area contributed by atoms with Gasteiger partial charge in [0.05, 0.1) is 11.7 Å². The van der Waals surface area contributed by atoms with Crippen molar-refractivity contribution in [2.75, 3.05) is 0 Å². The zero-order valence-corrected chi connectivity index (χ0v) is 12.9. The van der Waals surface area contributed by atoms with E-state index in [4.69, 9.17) is 0 Å². The van der Waals surface area contributed by atoms with Gasteiger partial charge >= 0.3 is 0 Å². The fourth-order valence-electron chi connectivity index (χ4n) is 3.47. The maximum absolute atomic E-state index is 12.3. The summed E-state index contributed by atoms with van der Waals surface area (Å²) >= 11 is 0. The normalized spacial score (nSPS) is 16.4. The summed E-state index contributed by atoms with van der Waals surface area (Å²) in [5.41, 5.74) is 4.83. The second kappa shape index (κ2) is 5.88. The predicted molar refractivity (Wildman–Crippen MR) is 89.2 cm³/mol. The molecule has 1 amide bonds. The molecule has 0 aliphatic heterocycles. The molecule has 4 rings (SSSR count). The molecule has 1 N–H and O–H groups in total. The number of hydrogen-bond acceptors (Lipinski definition) is 2. The zero-order valence-electron chi connectivity index (χ0n) is 12.9. The van der Waals surface area contributed by atoms with Gasteiger partial charge in [-0.1, -0.05) is 30.3 Å². The van der Waals surface area contributed by atoms with Crippen molar-refractivity contribution in [3.63, 3.8) is 0 Å². The number of carbonyl (C=O) groups is 1. The molecule has 0 spiro atoms. The second-order valence-electron chi connectivity index (χ2n) is 6.12. The van der Waals surface area contributed by atoms with Crippen molar-refractivity contribution in [3.8, 4) is 0 Å². The van der Waals surface area contributed by atoms with Crippen molar-refractivity contribution in [2.45, 2.75) is 31.7 Å². The number of pyridine rings is 1. The highest BCUT2D eigenvalue weighted by Crippen LogP contribution is 2.35. The summed E-state index contributed by atoms with van der Waals surface area (Å²) in [4.78, 5) is 12.3. The number of fused-ring (bicyclic) bond motifs is 2. The first-order valence-electron chi connectivity index (χ1n) is 8.07. The lowest BCUT2D eigenvalue weighted by atomic mass is 9.97. The molecule has 0 fully saturated rings. The molecule has 23 heavy (non-hydrogen) atoms. The van der Waals surface area contributed by atoms with Crippen LogP contribution >= 0.6 is 0 Å². The van der Waals surface area contributed by atoms with Crippen LogP contribution in [0.1, 0.15) is 35.4 Å². The Labute approximate surface area is 135 Å². The number of amides is 1. The lowest BCUT2D eigenvalue weighted by Gasteiger charge is -2.11. The van der Waals surface area contributed by atoms with Crippen molar-refractivity contribution >= 4 is 11.4 Å². The molecule has 1 aliphatic carbocycles. The largest absolute Gasteiger partial charge is 0.352 e. The maximum atomic E-state index is 12.3. The lowest BCUT2D eigenvalue weighted by molar-refractivity contribution is -0.121. The minimum Gasteiger partial charge on any atom is -0.352 e. The van der Waals surface area contributed by atoms with Crippen LogP contribution in [-0.4, -0.2) is 15.5 Å². The highest BCUT2D eigenvalue weighted by atomic mass is 16.1. The molecule has 0 saturated carbocycles. The summed E-state index contributed by atoms with van der Waals surface area (Å²) in [6.45, 7) is 0.528. The third-order valence-electron chi connectivity index (χ3n) is 4.67. The minimum absolute atomic E-state index is 0.113. The topological polar surface area (TPSA) is 46.4 Å². The van der Waals surface area contributed by atoms with E-state index in [1.54, 1.807) is 0 Å². The Hall–Kier alpha value is -2.62. The molecule has 1 atom stereocenters. The Morgan fingerprint density at radius 2 is 2.09 bits per heavy atom. The van der Waals surface area contributed by atoms with E-state index in [2.05, 4.69) is 34.7 Å². The van der Waals surface area contributed by atoms with Gasteiger partial charge in [-0.05, 0) is 42.0 Å². The van der Waals surface area contributed by atoms with Crippen LogP contribution in [0.25, 0.3) is 5.52 Å². The fraction of sp³-hybridized carbons (Fsp3) is 0.263. The molecular weight excluding hydrogens is 286 g/mol.